The molecule has 0 aliphatic rings. The van der Waals surface area contributed by atoms with Crippen molar-refractivity contribution in [3.8, 4) is 22.1 Å². The molecule has 31 heavy (non-hydrogen) atoms. The number of urea groups is 1. The molecule has 0 atom stereocenters. The summed E-state index contributed by atoms with van der Waals surface area (Å²) in [5.41, 5.74) is 9.09. The number of aromatic nitrogens is 5. The van der Waals surface area contributed by atoms with Crippen LogP contribution in [0.25, 0.3) is 33.3 Å². The van der Waals surface area contributed by atoms with Crippen LogP contribution in [0.15, 0.2) is 29.6 Å². The zero-order valence-electron chi connectivity index (χ0n) is 17.1. The van der Waals surface area contributed by atoms with Gasteiger partial charge in [0.2, 0.25) is 5.95 Å². The Kier molecular flexibility index (Phi) is 5.34. The number of anilines is 1. The molecule has 0 saturated heterocycles. The number of carbonyl (C=O) groups excluding carboxylic acids is 2. The second-order valence-electron chi connectivity index (χ2n) is 6.82. The molecule has 0 radical (unpaired) electrons. The Morgan fingerprint density at radius 2 is 1.87 bits per heavy atom. The predicted octanol–water partition coefficient (Wildman–Crippen LogP) is 2.70. The monoisotopic (exact) mass is 436 g/mol. The van der Waals surface area contributed by atoms with E-state index in [4.69, 9.17) is 10.7 Å². The van der Waals surface area contributed by atoms with Gasteiger partial charge in [0.15, 0.2) is 16.5 Å². The molecule has 3 heterocycles. The first-order chi connectivity index (χ1) is 14.9. The minimum absolute atomic E-state index is 0.153. The van der Waals surface area contributed by atoms with Crippen LogP contribution in [0.2, 0.25) is 0 Å². The topological polar surface area (TPSA) is 141 Å². The first-order valence-corrected chi connectivity index (χ1v) is 10.4. The third kappa shape index (κ3) is 3.94. The highest BCUT2D eigenvalue weighted by Crippen LogP contribution is 2.31. The molecule has 0 aliphatic heterocycles. The van der Waals surface area contributed by atoms with Crippen LogP contribution in [0.4, 0.5) is 10.7 Å². The minimum atomic E-state index is -0.602. The summed E-state index contributed by atoms with van der Waals surface area (Å²) in [7, 11) is 1.79. The number of nitrogens with one attached hydrogen (secondary N) is 2. The van der Waals surface area contributed by atoms with Gasteiger partial charge in [-0.25, -0.2) is 19.7 Å². The number of benzene rings is 1. The van der Waals surface area contributed by atoms with E-state index in [1.807, 2.05) is 38.1 Å². The van der Waals surface area contributed by atoms with Gasteiger partial charge in [-0.1, -0.05) is 29.8 Å². The molecule has 3 amide bonds. The van der Waals surface area contributed by atoms with Crippen molar-refractivity contribution in [2.75, 3.05) is 11.9 Å². The molecule has 0 fully saturated rings. The number of amides is 3. The van der Waals surface area contributed by atoms with Crippen molar-refractivity contribution in [1.82, 2.24) is 29.8 Å². The van der Waals surface area contributed by atoms with Gasteiger partial charge in [-0.15, -0.1) is 11.3 Å². The van der Waals surface area contributed by atoms with E-state index in [2.05, 4.69) is 25.6 Å². The lowest BCUT2D eigenvalue weighted by molar-refractivity contribution is 0.0996. The third-order valence-corrected chi connectivity index (χ3v) is 5.39. The molecule has 0 aliphatic carbocycles. The van der Waals surface area contributed by atoms with Gasteiger partial charge in [-0.2, -0.15) is 4.98 Å². The molecular weight excluding hydrogens is 416 g/mol. The van der Waals surface area contributed by atoms with Crippen molar-refractivity contribution >= 4 is 40.4 Å². The van der Waals surface area contributed by atoms with E-state index in [1.165, 1.54) is 11.3 Å². The second-order valence-corrected chi connectivity index (χ2v) is 7.67. The van der Waals surface area contributed by atoms with Gasteiger partial charge < -0.3 is 15.6 Å². The molecule has 11 heteroatoms. The van der Waals surface area contributed by atoms with Gasteiger partial charge in [0.1, 0.15) is 16.9 Å². The van der Waals surface area contributed by atoms with Crippen molar-refractivity contribution in [2.45, 2.75) is 13.8 Å². The lowest BCUT2D eigenvalue weighted by Gasteiger charge is -2.08. The van der Waals surface area contributed by atoms with Gasteiger partial charge >= 0.3 is 6.03 Å². The summed E-state index contributed by atoms with van der Waals surface area (Å²) in [5, 5.41) is 7.45. The average Bonchev–Trinajstić information content (AvgIpc) is 3.34. The number of aryl methyl sites for hydroxylation is 2. The largest absolute Gasteiger partial charge is 0.364 e. The second kappa shape index (κ2) is 8.11. The Bertz CT molecular complexity index is 1290. The van der Waals surface area contributed by atoms with Crippen LogP contribution >= 0.6 is 11.3 Å². The van der Waals surface area contributed by atoms with Crippen LogP contribution in [-0.2, 0) is 7.05 Å². The van der Waals surface area contributed by atoms with Crippen LogP contribution in [0.1, 0.15) is 23.0 Å². The number of nitrogens with two attached hydrogens (primary N) is 1. The van der Waals surface area contributed by atoms with Crippen LogP contribution in [0, 0.1) is 6.92 Å². The van der Waals surface area contributed by atoms with Crippen molar-refractivity contribution in [2.24, 2.45) is 12.8 Å². The quantitative estimate of drug-likeness (QED) is 0.439. The van der Waals surface area contributed by atoms with Crippen LogP contribution in [0.5, 0.6) is 0 Å². The molecule has 10 nitrogen and oxygen atoms in total. The van der Waals surface area contributed by atoms with Gasteiger partial charge in [0.05, 0.1) is 0 Å². The van der Waals surface area contributed by atoms with E-state index in [0.29, 0.717) is 34.2 Å². The Morgan fingerprint density at radius 1 is 1.13 bits per heavy atom. The van der Waals surface area contributed by atoms with Crippen LogP contribution in [0.3, 0.4) is 0 Å². The zero-order valence-corrected chi connectivity index (χ0v) is 17.9. The summed E-state index contributed by atoms with van der Waals surface area (Å²) in [6.45, 7) is 4.29. The summed E-state index contributed by atoms with van der Waals surface area (Å²) in [4.78, 5) is 41.5. The fraction of sp³-hybridized carbons (Fsp3) is 0.200. The number of rotatable bonds is 5. The number of nitrogens with zero attached hydrogens (tertiary/aromatic N) is 5. The number of carbonyl (C=O) groups is 2. The molecular formula is C20H20N8O2S. The van der Waals surface area contributed by atoms with E-state index in [9.17, 15) is 9.59 Å². The van der Waals surface area contributed by atoms with Crippen LogP contribution in [-0.4, -0.2) is 43.0 Å². The lowest BCUT2D eigenvalue weighted by Crippen LogP contribution is -2.29. The molecule has 0 unspecified atom stereocenters. The van der Waals surface area contributed by atoms with Gasteiger partial charge in [0, 0.05) is 24.5 Å². The molecule has 4 aromatic rings. The maximum atomic E-state index is 12.0. The number of thiazole rings is 1. The van der Waals surface area contributed by atoms with Crippen molar-refractivity contribution in [1.29, 1.82) is 0 Å². The first kappa shape index (κ1) is 20.4. The summed E-state index contributed by atoms with van der Waals surface area (Å²) in [6, 6.07) is 7.44. The fourth-order valence-corrected chi connectivity index (χ4v) is 3.85. The number of hydrogen-bond donors (Lipinski definition) is 3. The molecule has 4 rings (SSSR count). The Morgan fingerprint density at radius 3 is 2.52 bits per heavy atom. The molecule has 0 saturated carbocycles. The minimum Gasteiger partial charge on any atom is -0.364 e. The maximum Gasteiger partial charge on any atom is 0.321 e. The Hall–Kier alpha value is -3.86. The Balaban J connectivity index is 1.90. The van der Waals surface area contributed by atoms with Crippen molar-refractivity contribution in [3.63, 3.8) is 0 Å². The molecule has 0 spiro atoms. The smallest absolute Gasteiger partial charge is 0.321 e. The third-order valence-electron chi connectivity index (χ3n) is 4.55. The SMILES string of the molecule is CCNC(=O)Nc1nc(-c2ccc(C)cc2)c2nc(-c3nc(C(N)=O)cs3)n(C)c2n1. The summed E-state index contributed by atoms with van der Waals surface area (Å²) in [5.74, 6) is 0.0701. The summed E-state index contributed by atoms with van der Waals surface area (Å²) in [6.07, 6.45) is 0. The standard InChI is InChI=1S/C20H20N8O2S/c1-4-22-20(30)27-19-25-13(11-7-5-10(2)6-8-11)14-16(26-19)28(3)17(24-14)18-23-12(9-31-18)15(21)29/h5-9H,4H2,1-3H3,(H2,21,29)(H2,22,25,26,27,30). The molecule has 4 N–H and O–H groups in total. The normalized spacial score (nSPS) is 10.9. The molecule has 0 bridgehead atoms. The summed E-state index contributed by atoms with van der Waals surface area (Å²) >= 11 is 1.26. The fourth-order valence-electron chi connectivity index (χ4n) is 3.02. The maximum absolute atomic E-state index is 12.0. The number of fused-ring (bicyclic) bond motifs is 1. The zero-order chi connectivity index (χ0) is 22.1. The van der Waals surface area contributed by atoms with Crippen molar-refractivity contribution in [3.05, 3.63) is 40.9 Å². The van der Waals surface area contributed by atoms with Crippen LogP contribution < -0.4 is 16.4 Å². The lowest BCUT2D eigenvalue weighted by atomic mass is 10.1. The average molecular weight is 437 g/mol. The highest BCUT2D eigenvalue weighted by Gasteiger charge is 2.21. The number of hydrogen-bond acceptors (Lipinski definition) is 7. The van der Waals surface area contributed by atoms with E-state index in [0.717, 1.165) is 11.1 Å². The van der Waals surface area contributed by atoms with E-state index in [1.54, 1.807) is 17.0 Å². The summed E-state index contributed by atoms with van der Waals surface area (Å²) < 4.78 is 1.75. The Labute approximate surface area is 181 Å². The van der Waals surface area contributed by atoms with Gasteiger partial charge in [-0.3, -0.25) is 10.1 Å². The van der Waals surface area contributed by atoms with E-state index >= 15 is 0 Å². The predicted molar refractivity (Wildman–Crippen MR) is 119 cm³/mol. The van der Waals surface area contributed by atoms with E-state index < -0.39 is 11.9 Å². The highest BCUT2D eigenvalue weighted by atomic mass is 32.1. The number of imidazole rings is 1. The van der Waals surface area contributed by atoms with Gasteiger partial charge in [0.25, 0.3) is 5.91 Å². The molecule has 3 aromatic heterocycles. The van der Waals surface area contributed by atoms with Crippen molar-refractivity contribution < 1.29 is 9.59 Å². The highest BCUT2D eigenvalue weighted by molar-refractivity contribution is 7.13. The molecule has 158 valence electrons. The first-order valence-electron chi connectivity index (χ1n) is 9.49. The molecule has 1 aromatic carbocycles. The number of primary amides is 1. The van der Waals surface area contributed by atoms with Gasteiger partial charge in [-0.05, 0) is 13.8 Å². The van der Waals surface area contributed by atoms with E-state index in [-0.39, 0.29) is 11.6 Å².